The summed E-state index contributed by atoms with van der Waals surface area (Å²) >= 11 is 0. The maximum absolute atomic E-state index is 12.5. The van der Waals surface area contributed by atoms with Gasteiger partial charge in [0.25, 0.3) is 5.56 Å². The van der Waals surface area contributed by atoms with Crippen LogP contribution in [0.15, 0.2) is 46.1 Å². The summed E-state index contributed by atoms with van der Waals surface area (Å²) in [5.74, 6) is -0.977. The Kier molecular flexibility index (Phi) is 8.18. The van der Waals surface area contributed by atoms with Gasteiger partial charge in [0, 0.05) is 25.1 Å². The predicted molar refractivity (Wildman–Crippen MR) is 116 cm³/mol. The molecule has 1 saturated heterocycles. The molecule has 2 aromatic rings. The second kappa shape index (κ2) is 11.1. The molecule has 1 N–H and O–H groups in total. The summed E-state index contributed by atoms with van der Waals surface area (Å²) in [6.07, 6.45) is -1.85. The van der Waals surface area contributed by atoms with Crippen molar-refractivity contribution in [1.29, 1.82) is 0 Å². The van der Waals surface area contributed by atoms with Gasteiger partial charge in [-0.1, -0.05) is 30.3 Å². The summed E-state index contributed by atoms with van der Waals surface area (Å²) in [6, 6.07) is 9.40. The van der Waals surface area contributed by atoms with Gasteiger partial charge in [0.15, 0.2) is 12.3 Å². The summed E-state index contributed by atoms with van der Waals surface area (Å²) in [6.45, 7) is 4.97. The van der Waals surface area contributed by atoms with E-state index in [1.807, 2.05) is 30.3 Å². The first kappa shape index (κ1) is 24.4. The van der Waals surface area contributed by atoms with Crippen LogP contribution in [0.3, 0.4) is 0 Å². The second-order valence-electron chi connectivity index (χ2n) is 7.72. The average molecular weight is 460 g/mol. The number of aromatic amines is 1. The van der Waals surface area contributed by atoms with E-state index in [2.05, 4.69) is 4.98 Å². The van der Waals surface area contributed by atoms with E-state index in [9.17, 15) is 19.2 Å². The molecule has 1 aromatic carbocycles. The zero-order valence-corrected chi connectivity index (χ0v) is 18.8. The fraction of sp³-hybridized carbons (Fsp3) is 0.478. The maximum atomic E-state index is 12.5. The molecule has 0 bridgehead atoms. The highest BCUT2D eigenvalue weighted by Crippen LogP contribution is 2.35. The van der Waals surface area contributed by atoms with Crippen LogP contribution in [0.2, 0.25) is 0 Å². The fourth-order valence-electron chi connectivity index (χ4n) is 3.72. The molecule has 2 heterocycles. The highest BCUT2D eigenvalue weighted by atomic mass is 16.6. The van der Waals surface area contributed by atoms with E-state index < -0.39 is 47.7 Å². The van der Waals surface area contributed by atoms with E-state index >= 15 is 0 Å². The van der Waals surface area contributed by atoms with Gasteiger partial charge in [-0.25, -0.2) is 4.79 Å². The number of rotatable bonds is 9. The quantitative estimate of drug-likeness (QED) is 0.560. The molecule has 1 aliphatic rings. The van der Waals surface area contributed by atoms with E-state index in [0.717, 1.165) is 5.56 Å². The van der Waals surface area contributed by atoms with Crippen molar-refractivity contribution in [2.45, 2.75) is 64.8 Å². The zero-order valence-electron chi connectivity index (χ0n) is 18.8. The molecule has 178 valence electrons. The van der Waals surface area contributed by atoms with Gasteiger partial charge >= 0.3 is 17.6 Å². The van der Waals surface area contributed by atoms with Crippen LogP contribution in [0, 0.1) is 6.92 Å². The SMILES string of the molecule is CCOC(=O)CC[C@H]1O[C@@H](n2cc(C)c(=O)[nH]c2=O)[C@H](OC(C)=O)[C@@H]1OCc1ccccc1. The van der Waals surface area contributed by atoms with Crippen LogP contribution in [0.1, 0.15) is 44.0 Å². The first-order chi connectivity index (χ1) is 15.8. The highest BCUT2D eigenvalue weighted by Gasteiger charge is 2.49. The number of hydrogen-bond donors (Lipinski definition) is 1. The number of aryl methyl sites for hydroxylation is 1. The Morgan fingerprint density at radius 3 is 2.55 bits per heavy atom. The molecule has 1 fully saturated rings. The van der Waals surface area contributed by atoms with Gasteiger partial charge in [-0.05, 0) is 25.8 Å². The van der Waals surface area contributed by atoms with Gasteiger partial charge < -0.3 is 18.9 Å². The standard InChI is InChI=1S/C23H28N2O8/c1-4-30-18(27)11-10-17-19(31-13-16-8-6-5-7-9-16)20(32-15(3)26)22(33-17)25-12-14(2)21(28)24-23(25)29/h5-9,12,17,19-20,22H,4,10-11,13H2,1-3H3,(H,24,28,29)/t17-,19-,20-,22-/m1/s1. The molecule has 0 saturated carbocycles. The number of aromatic nitrogens is 2. The molecule has 10 heteroatoms. The lowest BCUT2D eigenvalue weighted by atomic mass is 10.0. The molecule has 0 radical (unpaired) electrons. The van der Waals surface area contributed by atoms with E-state index in [1.165, 1.54) is 17.7 Å². The largest absolute Gasteiger partial charge is 0.466 e. The topological polar surface area (TPSA) is 126 Å². The van der Waals surface area contributed by atoms with Gasteiger partial charge in [0.05, 0.1) is 19.3 Å². The number of H-pyrrole nitrogens is 1. The molecule has 3 rings (SSSR count). The van der Waals surface area contributed by atoms with Crippen molar-refractivity contribution in [2.24, 2.45) is 0 Å². The van der Waals surface area contributed by atoms with Crippen LogP contribution in [0.25, 0.3) is 0 Å². The Labute approximate surface area is 190 Å². The summed E-state index contributed by atoms with van der Waals surface area (Å²) in [4.78, 5) is 50.4. The van der Waals surface area contributed by atoms with Crippen molar-refractivity contribution in [3.63, 3.8) is 0 Å². The van der Waals surface area contributed by atoms with Gasteiger partial charge in [-0.15, -0.1) is 0 Å². The third kappa shape index (κ3) is 6.17. The zero-order chi connectivity index (χ0) is 24.0. The van der Waals surface area contributed by atoms with Crippen LogP contribution in [0.5, 0.6) is 0 Å². The van der Waals surface area contributed by atoms with Crippen LogP contribution in [-0.4, -0.2) is 46.4 Å². The first-order valence-electron chi connectivity index (χ1n) is 10.8. The molecular weight excluding hydrogens is 432 g/mol. The Morgan fingerprint density at radius 2 is 1.88 bits per heavy atom. The minimum atomic E-state index is -1.05. The smallest absolute Gasteiger partial charge is 0.330 e. The van der Waals surface area contributed by atoms with Crippen molar-refractivity contribution in [1.82, 2.24) is 9.55 Å². The second-order valence-corrected chi connectivity index (χ2v) is 7.72. The third-order valence-corrected chi connectivity index (χ3v) is 5.23. The molecule has 0 unspecified atom stereocenters. The Balaban J connectivity index is 1.92. The third-order valence-electron chi connectivity index (χ3n) is 5.23. The fourth-order valence-corrected chi connectivity index (χ4v) is 3.72. The summed E-state index contributed by atoms with van der Waals surface area (Å²) in [5, 5.41) is 0. The van der Waals surface area contributed by atoms with Crippen LogP contribution in [0.4, 0.5) is 0 Å². The lowest BCUT2D eigenvalue weighted by Gasteiger charge is -2.24. The number of carbonyl (C=O) groups excluding carboxylic acids is 2. The van der Waals surface area contributed by atoms with Crippen molar-refractivity contribution >= 4 is 11.9 Å². The molecule has 0 amide bonds. The normalized spacial score (nSPS) is 22.2. The van der Waals surface area contributed by atoms with Crippen molar-refractivity contribution < 1.29 is 28.5 Å². The van der Waals surface area contributed by atoms with Crippen molar-refractivity contribution in [2.75, 3.05) is 6.61 Å². The van der Waals surface area contributed by atoms with Crippen molar-refractivity contribution in [3.8, 4) is 0 Å². The van der Waals surface area contributed by atoms with E-state index in [-0.39, 0.29) is 31.6 Å². The van der Waals surface area contributed by atoms with E-state index in [1.54, 1.807) is 13.8 Å². The number of ether oxygens (including phenoxy) is 4. The highest BCUT2D eigenvalue weighted by molar-refractivity contribution is 5.69. The molecule has 1 aromatic heterocycles. The summed E-state index contributed by atoms with van der Waals surface area (Å²) < 4.78 is 23.9. The lowest BCUT2D eigenvalue weighted by molar-refractivity contribution is -0.158. The average Bonchev–Trinajstić information content (AvgIpc) is 3.10. The number of nitrogens with zero attached hydrogens (tertiary/aromatic N) is 1. The van der Waals surface area contributed by atoms with Gasteiger partial charge in [0.2, 0.25) is 0 Å². The molecule has 0 aliphatic carbocycles. The Morgan fingerprint density at radius 1 is 1.15 bits per heavy atom. The van der Waals surface area contributed by atoms with Gasteiger partial charge in [-0.2, -0.15) is 0 Å². The lowest BCUT2D eigenvalue weighted by Crippen LogP contribution is -2.41. The van der Waals surface area contributed by atoms with E-state index in [4.69, 9.17) is 18.9 Å². The van der Waals surface area contributed by atoms with E-state index in [0.29, 0.717) is 0 Å². The number of esters is 2. The summed E-state index contributed by atoms with van der Waals surface area (Å²) in [5.41, 5.74) is -0.0464. The number of benzene rings is 1. The molecule has 10 nitrogen and oxygen atoms in total. The molecule has 1 aliphatic heterocycles. The van der Waals surface area contributed by atoms with Gasteiger partial charge in [0.1, 0.15) is 6.10 Å². The van der Waals surface area contributed by atoms with Crippen LogP contribution >= 0.6 is 0 Å². The monoisotopic (exact) mass is 460 g/mol. The van der Waals surface area contributed by atoms with Crippen LogP contribution < -0.4 is 11.2 Å². The molecule has 0 spiro atoms. The van der Waals surface area contributed by atoms with Crippen LogP contribution in [-0.2, 0) is 35.1 Å². The number of hydrogen-bond acceptors (Lipinski definition) is 8. The summed E-state index contributed by atoms with van der Waals surface area (Å²) in [7, 11) is 0. The molecule has 33 heavy (non-hydrogen) atoms. The Bertz CT molecular complexity index is 1080. The molecular formula is C23H28N2O8. The predicted octanol–water partition coefficient (Wildman–Crippen LogP) is 1.60. The minimum Gasteiger partial charge on any atom is -0.466 e. The van der Waals surface area contributed by atoms with Gasteiger partial charge in [-0.3, -0.25) is 23.9 Å². The number of carbonyl (C=O) groups is 2. The Hall–Kier alpha value is -3.24. The first-order valence-corrected chi connectivity index (χ1v) is 10.8. The molecule has 4 atom stereocenters. The number of nitrogens with one attached hydrogen (secondary N) is 1. The van der Waals surface area contributed by atoms with Crippen molar-refractivity contribution in [3.05, 3.63) is 68.5 Å². The maximum Gasteiger partial charge on any atom is 0.330 e. The minimum absolute atomic E-state index is 0.0583.